The highest BCUT2D eigenvalue weighted by Crippen LogP contribution is 2.34. The number of nitriles is 1. The van der Waals surface area contributed by atoms with Crippen LogP contribution in [0.4, 0.5) is 20.8 Å². The van der Waals surface area contributed by atoms with Gasteiger partial charge in [-0.25, -0.2) is 4.79 Å². The fourth-order valence-corrected chi connectivity index (χ4v) is 4.23. The van der Waals surface area contributed by atoms with E-state index in [1.165, 1.54) is 0 Å². The summed E-state index contributed by atoms with van der Waals surface area (Å²) < 4.78 is 15.1. The Labute approximate surface area is 190 Å². The van der Waals surface area contributed by atoms with E-state index < -0.39 is 23.7 Å². The van der Waals surface area contributed by atoms with Crippen molar-refractivity contribution in [2.45, 2.75) is 57.4 Å². The Balaban J connectivity index is 1.69. The van der Waals surface area contributed by atoms with Crippen molar-refractivity contribution >= 4 is 35.2 Å². The van der Waals surface area contributed by atoms with Gasteiger partial charge in [-0.05, 0) is 36.8 Å². The van der Waals surface area contributed by atoms with Gasteiger partial charge < -0.3 is 15.3 Å². The van der Waals surface area contributed by atoms with Gasteiger partial charge in [0.25, 0.3) is 0 Å². The van der Waals surface area contributed by atoms with Crippen LogP contribution < -0.4 is 21.1 Å². The number of amides is 2. The number of halogens is 2. The first-order valence-corrected chi connectivity index (χ1v) is 11.2. The summed E-state index contributed by atoms with van der Waals surface area (Å²) in [6.45, 7) is 0.267. The van der Waals surface area contributed by atoms with Crippen molar-refractivity contribution in [3.63, 3.8) is 0 Å². The lowest BCUT2D eigenvalue weighted by molar-refractivity contribution is -0.124. The summed E-state index contributed by atoms with van der Waals surface area (Å²) in [5.41, 5.74) is 4.92. The summed E-state index contributed by atoms with van der Waals surface area (Å²) in [4.78, 5) is 33.2. The number of nitrogens with zero attached hydrogens (tertiary/aromatic N) is 4. The minimum atomic E-state index is -1.21. The van der Waals surface area contributed by atoms with Gasteiger partial charge in [-0.15, -0.1) is 0 Å². The van der Waals surface area contributed by atoms with Crippen molar-refractivity contribution in [2.75, 3.05) is 23.4 Å². The van der Waals surface area contributed by atoms with Gasteiger partial charge in [0, 0.05) is 19.1 Å². The predicted molar refractivity (Wildman–Crippen MR) is 115 cm³/mol. The molecule has 2 fully saturated rings. The van der Waals surface area contributed by atoms with E-state index in [2.05, 4.69) is 26.1 Å². The number of anilines is 2. The average molecular weight is 468 g/mol. The molecule has 0 saturated heterocycles. The molecule has 0 aliphatic heterocycles. The van der Waals surface area contributed by atoms with E-state index in [0.717, 1.165) is 38.5 Å². The number of nitrogens with one attached hydrogen (secondary N) is 3. The van der Waals surface area contributed by atoms with E-state index >= 15 is 4.39 Å². The third kappa shape index (κ3) is 6.56. The first-order valence-electron chi connectivity index (χ1n) is 10.8. The van der Waals surface area contributed by atoms with Crippen molar-refractivity contribution in [1.29, 1.82) is 5.26 Å². The van der Waals surface area contributed by atoms with Crippen molar-refractivity contribution < 1.29 is 19.1 Å². The number of rotatable bonds is 11. The molecule has 0 spiro atoms. The number of aromatic nitrogens is 2. The maximum absolute atomic E-state index is 15.1. The normalized spacial score (nSPS) is 16.8. The third-order valence-electron chi connectivity index (χ3n) is 5.80. The van der Waals surface area contributed by atoms with E-state index in [4.69, 9.17) is 22.0 Å². The zero-order chi connectivity index (χ0) is 23.1. The Bertz CT molecular complexity index is 871. The molecule has 10 nitrogen and oxygen atoms in total. The fourth-order valence-electron chi connectivity index (χ4n) is 4.06. The van der Waals surface area contributed by atoms with Crippen molar-refractivity contribution in [2.24, 2.45) is 11.8 Å². The molecule has 1 aromatic heterocycles. The van der Waals surface area contributed by atoms with Crippen LogP contribution in [0.25, 0.3) is 0 Å². The van der Waals surface area contributed by atoms with Gasteiger partial charge in [-0.2, -0.15) is 19.6 Å². The molecule has 4 N–H and O–H groups in total. The molecule has 2 aliphatic carbocycles. The van der Waals surface area contributed by atoms with Crippen molar-refractivity contribution in [1.82, 2.24) is 20.7 Å². The molecule has 0 unspecified atom stereocenters. The zero-order valence-electron chi connectivity index (χ0n) is 17.6. The molecule has 2 amide bonds. The van der Waals surface area contributed by atoms with Crippen molar-refractivity contribution in [3.05, 3.63) is 11.1 Å². The maximum atomic E-state index is 15.1. The Morgan fingerprint density at radius 3 is 2.62 bits per heavy atom. The molecule has 1 aromatic rings. The molecule has 0 bridgehead atoms. The van der Waals surface area contributed by atoms with E-state index in [1.807, 2.05) is 6.07 Å². The van der Waals surface area contributed by atoms with E-state index in [1.54, 1.807) is 4.90 Å². The van der Waals surface area contributed by atoms with E-state index in [9.17, 15) is 9.59 Å². The molecular weight excluding hydrogens is 441 g/mol. The lowest BCUT2D eigenvalue weighted by Gasteiger charge is -2.24. The number of carbonyl (C=O) groups is 2. The SMILES string of the molecule is N#CCCN(c1nc(Cl)nc(NNC(=O)[C@@H](CNC(=O)O)CC2CCCC2)c1F)C1CC1. The van der Waals surface area contributed by atoms with Gasteiger partial charge in [0.05, 0.1) is 18.4 Å². The summed E-state index contributed by atoms with van der Waals surface area (Å²) in [6, 6.07) is 2.13. The van der Waals surface area contributed by atoms with Crippen LogP contribution in [0.1, 0.15) is 51.4 Å². The zero-order valence-corrected chi connectivity index (χ0v) is 18.4. The monoisotopic (exact) mass is 467 g/mol. The van der Waals surface area contributed by atoms with Crippen LogP contribution in [0.15, 0.2) is 0 Å². The van der Waals surface area contributed by atoms with Gasteiger partial charge in [-0.3, -0.25) is 15.6 Å². The fraction of sp³-hybridized carbons (Fsp3) is 0.650. The highest BCUT2D eigenvalue weighted by molar-refractivity contribution is 6.28. The molecule has 3 rings (SSSR count). The number of hydrogen-bond donors (Lipinski definition) is 4. The molecule has 174 valence electrons. The van der Waals surface area contributed by atoms with Crippen LogP contribution >= 0.6 is 11.6 Å². The standard InChI is InChI=1S/C20H27ClFN7O3/c21-19-25-16(15(22)17(26-19)29(9-3-8-23)14-6-7-14)27-28-18(30)13(11-24-20(31)32)10-12-4-1-2-5-12/h12-14,24H,1-7,9-11H2,(H,28,30)(H,31,32)(H,25,26,27)/t13-/m1/s1. The smallest absolute Gasteiger partial charge is 0.404 e. The van der Waals surface area contributed by atoms with Crippen molar-refractivity contribution in [3.8, 4) is 6.07 Å². The van der Waals surface area contributed by atoms with E-state index in [-0.39, 0.29) is 35.9 Å². The van der Waals surface area contributed by atoms with Gasteiger partial charge >= 0.3 is 6.09 Å². The quantitative estimate of drug-likeness (QED) is 0.287. The predicted octanol–water partition coefficient (Wildman–Crippen LogP) is 3.06. The van der Waals surface area contributed by atoms with E-state index in [0.29, 0.717) is 18.9 Å². The number of carboxylic acid groups (broad SMARTS) is 1. The second-order valence-electron chi connectivity index (χ2n) is 8.19. The molecule has 1 heterocycles. The summed E-state index contributed by atoms with van der Waals surface area (Å²) in [5, 5.41) is 19.9. The largest absolute Gasteiger partial charge is 0.465 e. The highest BCUT2D eigenvalue weighted by Gasteiger charge is 2.33. The Morgan fingerprint density at radius 1 is 1.28 bits per heavy atom. The molecule has 12 heteroatoms. The molecule has 0 radical (unpaired) electrons. The number of carbonyl (C=O) groups excluding carboxylic acids is 1. The summed E-state index contributed by atoms with van der Waals surface area (Å²) in [6.07, 6.45) is 5.47. The first-order chi connectivity index (χ1) is 15.4. The van der Waals surface area contributed by atoms with Crippen LogP contribution in [0.3, 0.4) is 0 Å². The molecule has 2 aliphatic rings. The van der Waals surface area contributed by atoms with Crippen LogP contribution in [0.2, 0.25) is 5.28 Å². The number of hydrazine groups is 1. The Morgan fingerprint density at radius 2 is 2.00 bits per heavy atom. The summed E-state index contributed by atoms with van der Waals surface area (Å²) in [5.74, 6) is -1.82. The van der Waals surface area contributed by atoms with Crippen LogP contribution in [0, 0.1) is 29.0 Å². The van der Waals surface area contributed by atoms with Gasteiger partial charge in [0.15, 0.2) is 11.6 Å². The van der Waals surface area contributed by atoms with Crippen LogP contribution in [0.5, 0.6) is 0 Å². The average Bonchev–Trinajstić information content (AvgIpc) is 3.47. The summed E-state index contributed by atoms with van der Waals surface area (Å²) in [7, 11) is 0. The Hall–Kier alpha value is -2.87. The lowest BCUT2D eigenvalue weighted by Crippen LogP contribution is -2.42. The third-order valence-corrected chi connectivity index (χ3v) is 5.97. The van der Waals surface area contributed by atoms with Gasteiger partial charge in [-0.1, -0.05) is 25.7 Å². The first kappa shape index (κ1) is 23.8. The van der Waals surface area contributed by atoms with Crippen LogP contribution in [-0.2, 0) is 4.79 Å². The number of hydrogen-bond acceptors (Lipinski definition) is 7. The van der Waals surface area contributed by atoms with Gasteiger partial charge in [0.2, 0.25) is 17.0 Å². The minimum Gasteiger partial charge on any atom is -0.465 e. The molecule has 32 heavy (non-hydrogen) atoms. The highest BCUT2D eigenvalue weighted by atomic mass is 35.5. The molecule has 0 aromatic carbocycles. The second-order valence-corrected chi connectivity index (χ2v) is 8.53. The Kier molecular flexibility index (Phi) is 8.27. The van der Waals surface area contributed by atoms with Gasteiger partial charge in [0.1, 0.15) is 0 Å². The van der Waals surface area contributed by atoms with Crippen LogP contribution in [-0.4, -0.2) is 46.2 Å². The lowest BCUT2D eigenvalue weighted by atomic mass is 9.92. The second kappa shape index (κ2) is 11.1. The topological polar surface area (TPSA) is 143 Å². The maximum Gasteiger partial charge on any atom is 0.404 e. The molecule has 1 atom stereocenters. The molecular formula is C20H27ClFN7O3. The minimum absolute atomic E-state index is 0.0189. The molecule has 2 saturated carbocycles. The summed E-state index contributed by atoms with van der Waals surface area (Å²) >= 11 is 5.99.